The standard InChI is InChI=1S/C6H11O5P/c1-3-9-6(12-8)5(7)11-10-4-2/h6H,3-4H2,1-2H3. The molecule has 0 heterocycles. The molecule has 0 amide bonds. The Kier molecular flexibility index (Phi) is 6.85. The first-order valence-electron chi connectivity index (χ1n) is 3.53. The smallest absolute Gasteiger partial charge is 0.355 e. The van der Waals surface area contributed by atoms with Crippen LogP contribution >= 0.6 is 8.46 Å². The van der Waals surface area contributed by atoms with Gasteiger partial charge in [0, 0.05) is 6.61 Å². The van der Waals surface area contributed by atoms with Crippen molar-refractivity contribution in [3.05, 3.63) is 0 Å². The molecule has 1 atom stereocenters. The third kappa shape index (κ3) is 4.38. The summed E-state index contributed by atoms with van der Waals surface area (Å²) in [5, 5.41) is 0. The van der Waals surface area contributed by atoms with E-state index in [9.17, 15) is 9.36 Å². The number of hydrogen-bond donors (Lipinski definition) is 0. The summed E-state index contributed by atoms with van der Waals surface area (Å²) in [6.45, 7) is 3.89. The van der Waals surface area contributed by atoms with Crippen LogP contribution in [0.25, 0.3) is 0 Å². The molecular weight excluding hydrogens is 183 g/mol. The minimum absolute atomic E-state index is 0.250. The molecule has 0 bridgehead atoms. The van der Waals surface area contributed by atoms with Crippen LogP contribution in [-0.2, 0) is 23.9 Å². The predicted octanol–water partition coefficient (Wildman–Crippen LogP) is 1.14. The second kappa shape index (κ2) is 7.16. The molecule has 0 fully saturated rings. The molecule has 70 valence electrons. The summed E-state index contributed by atoms with van der Waals surface area (Å²) in [5.41, 5.74) is 0. The SMILES string of the molecule is CCOOC(=O)C(OCC)P=O. The highest BCUT2D eigenvalue weighted by Crippen LogP contribution is 2.09. The monoisotopic (exact) mass is 194 g/mol. The summed E-state index contributed by atoms with van der Waals surface area (Å²) in [7, 11) is -0.427. The lowest BCUT2D eigenvalue weighted by molar-refractivity contribution is -0.274. The Balaban J connectivity index is 3.77. The Morgan fingerprint density at radius 1 is 1.42 bits per heavy atom. The van der Waals surface area contributed by atoms with Crippen LogP contribution in [0.1, 0.15) is 13.8 Å². The van der Waals surface area contributed by atoms with Crippen molar-refractivity contribution >= 4 is 14.4 Å². The van der Waals surface area contributed by atoms with Gasteiger partial charge in [-0.25, -0.2) is 4.79 Å². The summed E-state index contributed by atoms with van der Waals surface area (Å²) in [5.74, 6) is -1.86. The van der Waals surface area contributed by atoms with Gasteiger partial charge in [0.2, 0.25) is 5.85 Å². The van der Waals surface area contributed by atoms with Crippen molar-refractivity contribution in [2.45, 2.75) is 19.7 Å². The number of carbonyl (C=O) groups is 1. The fraction of sp³-hybridized carbons (Fsp3) is 0.833. The van der Waals surface area contributed by atoms with Gasteiger partial charge >= 0.3 is 5.97 Å². The minimum Gasteiger partial charge on any atom is -0.355 e. The van der Waals surface area contributed by atoms with Crippen molar-refractivity contribution in [1.29, 1.82) is 0 Å². The maximum absolute atomic E-state index is 10.8. The first-order valence-corrected chi connectivity index (χ1v) is 4.41. The van der Waals surface area contributed by atoms with E-state index in [1.165, 1.54) is 0 Å². The van der Waals surface area contributed by atoms with Gasteiger partial charge in [-0.15, -0.1) is 0 Å². The zero-order valence-corrected chi connectivity index (χ0v) is 7.87. The lowest BCUT2D eigenvalue weighted by atomic mass is 10.7. The lowest BCUT2D eigenvalue weighted by Crippen LogP contribution is -2.21. The summed E-state index contributed by atoms with van der Waals surface area (Å²) in [4.78, 5) is 19.4. The van der Waals surface area contributed by atoms with Gasteiger partial charge in [-0.3, -0.25) is 9.45 Å². The van der Waals surface area contributed by atoms with Crippen LogP contribution in [0.5, 0.6) is 0 Å². The quantitative estimate of drug-likeness (QED) is 0.360. The average molecular weight is 194 g/mol. The number of ether oxygens (including phenoxy) is 1. The molecule has 0 saturated carbocycles. The first-order chi connectivity index (χ1) is 5.76. The molecule has 0 aromatic heterocycles. The van der Waals surface area contributed by atoms with Crippen LogP contribution in [0.3, 0.4) is 0 Å². The molecule has 1 unspecified atom stereocenters. The summed E-state index contributed by atoms with van der Waals surface area (Å²) in [6.07, 6.45) is 0. The zero-order chi connectivity index (χ0) is 9.40. The zero-order valence-electron chi connectivity index (χ0n) is 6.98. The van der Waals surface area contributed by atoms with Crippen LogP contribution in [0.2, 0.25) is 0 Å². The van der Waals surface area contributed by atoms with E-state index in [-0.39, 0.29) is 6.61 Å². The van der Waals surface area contributed by atoms with Crippen LogP contribution < -0.4 is 0 Å². The van der Waals surface area contributed by atoms with E-state index in [1.54, 1.807) is 13.8 Å². The third-order valence-electron chi connectivity index (χ3n) is 0.881. The van der Waals surface area contributed by atoms with Gasteiger partial charge in [0.15, 0.2) is 8.46 Å². The summed E-state index contributed by atoms with van der Waals surface area (Å²) < 4.78 is 15.1. The van der Waals surface area contributed by atoms with Crippen molar-refractivity contribution in [2.24, 2.45) is 0 Å². The van der Waals surface area contributed by atoms with Crippen molar-refractivity contribution in [2.75, 3.05) is 13.2 Å². The molecule has 0 N–H and O–H groups in total. The highest BCUT2D eigenvalue weighted by molar-refractivity contribution is 7.26. The Hall–Kier alpha value is -0.510. The number of carbonyl (C=O) groups excluding carboxylic acids is 1. The highest BCUT2D eigenvalue weighted by atomic mass is 31.1. The van der Waals surface area contributed by atoms with E-state index in [1.807, 2.05) is 0 Å². The third-order valence-corrected chi connectivity index (χ3v) is 1.43. The molecule has 0 aromatic rings. The van der Waals surface area contributed by atoms with Crippen molar-refractivity contribution < 1.29 is 23.9 Å². The summed E-state index contributed by atoms with van der Waals surface area (Å²) in [6, 6.07) is 0. The number of hydrogen-bond acceptors (Lipinski definition) is 5. The van der Waals surface area contributed by atoms with Crippen LogP contribution in [0.15, 0.2) is 0 Å². The van der Waals surface area contributed by atoms with E-state index < -0.39 is 20.3 Å². The van der Waals surface area contributed by atoms with E-state index in [4.69, 9.17) is 4.74 Å². The van der Waals surface area contributed by atoms with Gasteiger partial charge < -0.3 is 4.74 Å². The molecule has 0 saturated heterocycles. The van der Waals surface area contributed by atoms with Gasteiger partial charge in [0.05, 0.1) is 6.61 Å². The minimum atomic E-state index is -1.08. The van der Waals surface area contributed by atoms with Crippen LogP contribution in [-0.4, -0.2) is 25.0 Å². The van der Waals surface area contributed by atoms with E-state index in [2.05, 4.69) is 9.78 Å². The van der Waals surface area contributed by atoms with Gasteiger partial charge in [-0.1, -0.05) is 0 Å². The van der Waals surface area contributed by atoms with E-state index in [0.717, 1.165) is 0 Å². The molecule has 0 aromatic carbocycles. The van der Waals surface area contributed by atoms with Crippen molar-refractivity contribution in [1.82, 2.24) is 0 Å². The maximum atomic E-state index is 10.8. The molecule has 0 aliphatic heterocycles. The Labute approximate surface area is 72.1 Å². The first kappa shape index (κ1) is 11.5. The molecule has 12 heavy (non-hydrogen) atoms. The van der Waals surface area contributed by atoms with Gasteiger partial charge in [-0.2, -0.15) is 4.89 Å². The second-order valence-corrected chi connectivity index (χ2v) is 2.40. The predicted molar refractivity (Wildman–Crippen MR) is 40.7 cm³/mol. The Morgan fingerprint density at radius 2 is 2.08 bits per heavy atom. The van der Waals surface area contributed by atoms with Crippen LogP contribution in [0, 0.1) is 0 Å². The normalized spacial score (nSPS) is 12.8. The molecule has 0 radical (unpaired) electrons. The van der Waals surface area contributed by atoms with E-state index >= 15 is 0 Å². The maximum Gasteiger partial charge on any atom is 0.382 e. The van der Waals surface area contributed by atoms with Gasteiger partial charge in [0.25, 0.3) is 0 Å². The molecule has 0 aliphatic carbocycles. The largest absolute Gasteiger partial charge is 0.382 e. The summed E-state index contributed by atoms with van der Waals surface area (Å²) >= 11 is 0. The molecular formula is C6H11O5P. The van der Waals surface area contributed by atoms with E-state index in [0.29, 0.717) is 6.61 Å². The average Bonchev–Trinajstić information content (AvgIpc) is 2.10. The van der Waals surface area contributed by atoms with Crippen LogP contribution in [0.4, 0.5) is 0 Å². The van der Waals surface area contributed by atoms with Gasteiger partial charge in [-0.05, 0) is 13.8 Å². The molecule has 0 spiro atoms. The molecule has 0 aliphatic rings. The fourth-order valence-electron chi connectivity index (χ4n) is 0.458. The molecule has 6 heteroatoms. The lowest BCUT2D eigenvalue weighted by Gasteiger charge is -2.06. The Morgan fingerprint density at radius 3 is 2.50 bits per heavy atom. The van der Waals surface area contributed by atoms with Gasteiger partial charge in [0.1, 0.15) is 0 Å². The van der Waals surface area contributed by atoms with Crippen molar-refractivity contribution in [3.63, 3.8) is 0 Å². The number of rotatable bonds is 6. The topological polar surface area (TPSA) is 61.8 Å². The van der Waals surface area contributed by atoms with Crippen molar-refractivity contribution in [3.8, 4) is 0 Å². The molecule has 0 rings (SSSR count). The highest BCUT2D eigenvalue weighted by Gasteiger charge is 2.21. The Bertz CT molecular complexity index is 149. The molecule has 5 nitrogen and oxygen atoms in total. The fourth-order valence-corrected chi connectivity index (χ4v) is 0.797. The second-order valence-electron chi connectivity index (χ2n) is 1.72.